The van der Waals surface area contributed by atoms with Crippen molar-refractivity contribution in [2.24, 2.45) is 0 Å². The van der Waals surface area contributed by atoms with Crippen molar-refractivity contribution in [2.75, 3.05) is 5.32 Å². The molecule has 25 heavy (non-hydrogen) atoms. The predicted molar refractivity (Wildman–Crippen MR) is 95.2 cm³/mol. The molecule has 0 radical (unpaired) electrons. The van der Waals surface area contributed by atoms with E-state index in [0.717, 1.165) is 16.9 Å². The fourth-order valence-electron chi connectivity index (χ4n) is 2.36. The highest BCUT2D eigenvalue weighted by Gasteiger charge is 2.13. The second kappa shape index (κ2) is 7.54. The van der Waals surface area contributed by atoms with E-state index in [-0.39, 0.29) is 12.3 Å². The number of hydrogen-bond acceptors (Lipinski definition) is 5. The van der Waals surface area contributed by atoms with E-state index in [2.05, 4.69) is 10.3 Å². The highest BCUT2D eigenvalue weighted by molar-refractivity contribution is 5.45. The van der Waals surface area contributed by atoms with E-state index >= 15 is 0 Å². The summed E-state index contributed by atoms with van der Waals surface area (Å²) in [6.45, 7) is 4.77. The molecule has 1 N–H and O–H groups in total. The van der Waals surface area contributed by atoms with Gasteiger partial charge in [-0.2, -0.15) is 10.2 Å². The van der Waals surface area contributed by atoms with Crippen LogP contribution < -0.4 is 10.1 Å². The average molecular weight is 333 g/mol. The van der Waals surface area contributed by atoms with E-state index in [1.165, 1.54) is 5.56 Å². The molecule has 0 aliphatic carbocycles. The maximum Gasteiger partial charge on any atom is 0.236 e. The number of rotatable bonds is 6. The molecule has 0 unspecified atom stereocenters. The van der Waals surface area contributed by atoms with Crippen LogP contribution in [0.1, 0.15) is 28.3 Å². The largest absolute Gasteiger partial charge is 0.484 e. The number of benzene rings is 2. The van der Waals surface area contributed by atoms with Crippen molar-refractivity contribution < 1.29 is 9.15 Å². The Morgan fingerprint density at radius 1 is 1.12 bits per heavy atom. The average Bonchev–Trinajstić information content (AvgIpc) is 3.02. The van der Waals surface area contributed by atoms with E-state index < -0.39 is 0 Å². The highest BCUT2D eigenvalue weighted by Crippen LogP contribution is 2.20. The van der Waals surface area contributed by atoms with Gasteiger partial charge in [-0.3, -0.25) is 0 Å². The molecule has 0 atom stereocenters. The summed E-state index contributed by atoms with van der Waals surface area (Å²) in [4.78, 5) is 4.18. The summed E-state index contributed by atoms with van der Waals surface area (Å²) in [5.74, 6) is 1.47. The Bertz CT molecular complexity index is 892. The normalized spacial score (nSPS) is 10.3. The van der Waals surface area contributed by atoms with E-state index in [9.17, 15) is 5.26 Å². The van der Waals surface area contributed by atoms with E-state index in [1.54, 1.807) is 0 Å². The van der Waals surface area contributed by atoms with Gasteiger partial charge in [-0.15, -0.1) is 0 Å². The zero-order valence-corrected chi connectivity index (χ0v) is 14.2. The zero-order valence-electron chi connectivity index (χ0n) is 14.2. The van der Waals surface area contributed by atoms with Gasteiger partial charge >= 0.3 is 0 Å². The number of anilines is 1. The molecule has 3 aromatic rings. The fraction of sp³-hybridized carbons (Fsp3) is 0.200. The third-order valence-electron chi connectivity index (χ3n) is 3.70. The molecular formula is C20H19N3O2. The number of oxazole rings is 1. The van der Waals surface area contributed by atoms with Crippen LogP contribution >= 0.6 is 0 Å². The molecule has 0 amide bonds. The SMILES string of the molecule is Cc1ccc(CNc2oc(COc3cccc(C)c3)nc2C#N)cc1. The Morgan fingerprint density at radius 2 is 1.92 bits per heavy atom. The summed E-state index contributed by atoms with van der Waals surface area (Å²) in [6.07, 6.45) is 0. The van der Waals surface area contributed by atoms with Gasteiger partial charge in [-0.25, -0.2) is 0 Å². The smallest absolute Gasteiger partial charge is 0.236 e. The van der Waals surface area contributed by atoms with Crippen molar-refractivity contribution in [3.63, 3.8) is 0 Å². The van der Waals surface area contributed by atoms with E-state index in [4.69, 9.17) is 9.15 Å². The van der Waals surface area contributed by atoms with Crippen LogP contribution in [0.5, 0.6) is 5.75 Å². The van der Waals surface area contributed by atoms with Gasteiger partial charge in [0.1, 0.15) is 11.8 Å². The van der Waals surface area contributed by atoms with Crippen molar-refractivity contribution in [1.82, 2.24) is 4.98 Å². The topological polar surface area (TPSA) is 71.1 Å². The number of nitriles is 1. The predicted octanol–water partition coefficient (Wildman–Crippen LogP) is 4.35. The number of hydrogen-bond donors (Lipinski definition) is 1. The molecule has 0 aliphatic heterocycles. The Hall–Kier alpha value is -3.26. The summed E-state index contributed by atoms with van der Waals surface area (Å²) < 4.78 is 11.3. The minimum atomic E-state index is 0.171. The second-order valence-corrected chi connectivity index (χ2v) is 5.84. The van der Waals surface area contributed by atoms with E-state index in [0.29, 0.717) is 18.3 Å². The van der Waals surface area contributed by atoms with Gasteiger partial charge in [0, 0.05) is 6.54 Å². The van der Waals surface area contributed by atoms with Crippen molar-refractivity contribution in [3.05, 3.63) is 76.8 Å². The first-order valence-corrected chi connectivity index (χ1v) is 8.03. The molecule has 5 nitrogen and oxygen atoms in total. The van der Waals surface area contributed by atoms with Gasteiger partial charge < -0.3 is 14.5 Å². The molecule has 1 heterocycles. The summed E-state index contributed by atoms with van der Waals surface area (Å²) in [7, 11) is 0. The zero-order chi connectivity index (χ0) is 17.6. The van der Waals surface area contributed by atoms with Crippen LogP contribution in [-0.2, 0) is 13.2 Å². The van der Waals surface area contributed by atoms with Gasteiger partial charge in [-0.1, -0.05) is 42.0 Å². The molecule has 1 aromatic heterocycles. The molecule has 0 saturated heterocycles. The van der Waals surface area contributed by atoms with Crippen LogP contribution in [0.4, 0.5) is 5.88 Å². The Morgan fingerprint density at radius 3 is 2.64 bits per heavy atom. The number of nitrogens with zero attached hydrogens (tertiary/aromatic N) is 2. The van der Waals surface area contributed by atoms with Gasteiger partial charge in [0.2, 0.25) is 17.5 Å². The first-order valence-electron chi connectivity index (χ1n) is 8.03. The lowest BCUT2D eigenvalue weighted by Gasteiger charge is -2.05. The van der Waals surface area contributed by atoms with Crippen LogP contribution in [0.15, 0.2) is 52.9 Å². The summed E-state index contributed by atoms with van der Waals surface area (Å²) >= 11 is 0. The van der Waals surface area contributed by atoms with Crippen molar-refractivity contribution in [1.29, 1.82) is 5.26 Å². The molecule has 0 saturated carbocycles. The third kappa shape index (κ3) is 4.39. The molecule has 126 valence electrons. The standard InChI is InChI=1S/C20H19N3O2/c1-14-6-8-16(9-7-14)12-22-20-18(11-21)23-19(25-20)13-24-17-5-3-4-15(2)10-17/h3-10,22H,12-13H2,1-2H3. The van der Waals surface area contributed by atoms with Crippen molar-refractivity contribution >= 4 is 5.88 Å². The lowest BCUT2D eigenvalue weighted by Crippen LogP contribution is -1.99. The van der Waals surface area contributed by atoms with Crippen LogP contribution in [0.25, 0.3) is 0 Å². The highest BCUT2D eigenvalue weighted by atomic mass is 16.5. The lowest BCUT2D eigenvalue weighted by molar-refractivity contribution is 0.264. The molecule has 0 spiro atoms. The number of aryl methyl sites for hydroxylation is 2. The summed E-state index contributed by atoms with van der Waals surface area (Å²) in [5.41, 5.74) is 3.65. The molecule has 5 heteroatoms. The summed E-state index contributed by atoms with van der Waals surface area (Å²) in [5, 5.41) is 12.4. The maximum absolute atomic E-state index is 9.23. The fourth-order valence-corrected chi connectivity index (χ4v) is 2.36. The summed E-state index contributed by atoms with van der Waals surface area (Å²) in [6, 6.07) is 17.9. The first-order chi connectivity index (χ1) is 12.1. The molecule has 0 aliphatic rings. The second-order valence-electron chi connectivity index (χ2n) is 5.84. The molecular weight excluding hydrogens is 314 g/mol. The first kappa shape index (κ1) is 16.6. The van der Waals surface area contributed by atoms with Crippen molar-refractivity contribution in [3.8, 4) is 11.8 Å². The molecule has 2 aromatic carbocycles. The maximum atomic E-state index is 9.23. The quantitative estimate of drug-likeness (QED) is 0.726. The van der Waals surface area contributed by atoms with Gasteiger partial charge in [-0.05, 0) is 37.1 Å². The number of aromatic nitrogens is 1. The lowest BCUT2D eigenvalue weighted by atomic mass is 10.1. The molecule has 0 fully saturated rings. The number of ether oxygens (including phenoxy) is 1. The Kier molecular flexibility index (Phi) is 5.00. The van der Waals surface area contributed by atoms with Crippen LogP contribution in [0, 0.1) is 25.2 Å². The minimum Gasteiger partial charge on any atom is -0.484 e. The van der Waals surface area contributed by atoms with E-state index in [1.807, 2.05) is 68.4 Å². The Labute approximate surface area is 146 Å². The third-order valence-corrected chi connectivity index (χ3v) is 3.70. The molecule has 0 bridgehead atoms. The van der Waals surface area contributed by atoms with Gasteiger partial charge in [0.05, 0.1) is 0 Å². The molecule has 3 rings (SSSR count). The van der Waals surface area contributed by atoms with Crippen molar-refractivity contribution in [2.45, 2.75) is 27.0 Å². The monoisotopic (exact) mass is 333 g/mol. The van der Waals surface area contributed by atoms with Gasteiger partial charge in [0.15, 0.2) is 6.61 Å². The van der Waals surface area contributed by atoms with Crippen LogP contribution in [-0.4, -0.2) is 4.98 Å². The van der Waals surface area contributed by atoms with Crippen LogP contribution in [0.2, 0.25) is 0 Å². The Balaban J connectivity index is 1.64. The number of nitrogens with one attached hydrogen (secondary N) is 1. The van der Waals surface area contributed by atoms with Gasteiger partial charge in [0.25, 0.3) is 0 Å². The van der Waals surface area contributed by atoms with Crippen LogP contribution in [0.3, 0.4) is 0 Å². The minimum absolute atomic E-state index is 0.171.